The van der Waals surface area contributed by atoms with Gasteiger partial charge in [0.05, 0.1) is 11.4 Å². The van der Waals surface area contributed by atoms with Crippen LogP contribution in [0.4, 0.5) is 5.69 Å². The minimum absolute atomic E-state index is 0.414. The first-order chi connectivity index (χ1) is 15.2. The fourth-order valence-corrected chi connectivity index (χ4v) is 7.21. The second-order valence-corrected chi connectivity index (χ2v) is 10.5. The highest BCUT2D eigenvalue weighted by molar-refractivity contribution is 5.78. The number of hydrogen-bond donors (Lipinski definition) is 0. The number of rotatable bonds is 3. The number of carbonyl (C=O) groups excluding carboxylic acids is 1. The Morgan fingerprint density at radius 2 is 1.90 bits per heavy atom. The van der Waals surface area contributed by atoms with Crippen molar-refractivity contribution in [1.29, 1.82) is 0 Å². The summed E-state index contributed by atoms with van der Waals surface area (Å²) in [4.78, 5) is 18.1. The highest BCUT2D eigenvalue weighted by Crippen LogP contribution is 2.45. The van der Waals surface area contributed by atoms with Gasteiger partial charge in [0.15, 0.2) is 0 Å². The molecule has 31 heavy (non-hydrogen) atoms. The Balaban J connectivity index is 1.34. The van der Waals surface area contributed by atoms with Crippen LogP contribution in [-0.2, 0) is 4.79 Å². The molecule has 4 aliphatic rings. The first-order valence-electron chi connectivity index (χ1n) is 12.4. The lowest BCUT2D eigenvalue weighted by atomic mass is 9.69. The van der Waals surface area contributed by atoms with Crippen molar-refractivity contribution in [3.8, 4) is 0 Å². The molecule has 7 nitrogen and oxygen atoms in total. The molecule has 2 aromatic heterocycles. The standard InChI is InChI=1S/C24H34N6O/c1-16-10-22(24-26-25-15-29(24)27-16)28-13-18-12-19(14-28)21(11-17-6-3-2-4-7-17)30-20(18)8-5-9-23(30)31/h10,15,17-21H,2-9,11-14H2,1H3/t18-,19+,20+,21+/m1/s1. The number of piperidine rings is 3. The molecule has 6 rings (SSSR count). The Morgan fingerprint density at radius 3 is 2.77 bits per heavy atom. The van der Waals surface area contributed by atoms with Crippen molar-refractivity contribution < 1.29 is 4.79 Å². The van der Waals surface area contributed by atoms with Crippen molar-refractivity contribution >= 4 is 17.2 Å². The van der Waals surface area contributed by atoms with E-state index >= 15 is 0 Å². The Morgan fingerprint density at radius 1 is 1.06 bits per heavy atom. The van der Waals surface area contributed by atoms with Crippen LogP contribution in [0.25, 0.3) is 5.65 Å². The molecule has 0 aromatic carbocycles. The van der Waals surface area contributed by atoms with Crippen LogP contribution in [0.3, 0.4) is 0 Å². The van der Waals surface area contributed by atoms with Crippen molar-refractivity contribution in [2.45, 2.75) is 83.2 Å². The Labute approximate surface area is 184 Å². The van der Waals surface area contributed by atoms with Crippen molar-refractivity contribution in [3.63, 3.8) is 0 Å². The first-order valence-corrected chi connectivity index (χ1v) is 12.4. The molecule has 0 unspecified atom stereocenters. The van der Waals surface area contributed by atoms with Gasteiger partial charge in [0.2, 0.25) is 11.6 Å². The number of anilines is 1. The molecule has 4 atom stereocenters. The van der Waals surface area contributed by atoms with Gasteiger partial charge in [-0.2, -0.15) is 9.61 Å². The zero-order chi connectivity index (χ0) is 20.9. The number of fused-ring (bicyclic) bond motifs is 5. The van der Waals surface area contributed by atoms with Crippen LogP contribution < -0.4 is 4.90 Å². The minimum atomic E-state index is 0.414. The third-order valence-corrected chi connectivity index (χ3v) is 8.51. The van der Waals surface area contributed by atoms with Gasteiger partial charge in [-0.05, 0) is 56.4 Å². The van der Waals surface area contributed by atoms with E-state index in [2.05, 4.69) is 31.2 Å². The predicted octanol–water partition coefficient (Wildman–Crippen LogP) is 3.61. The average Bonchev–Trinajstić information content (AvgIpc) is 3.25. The van der Waals surface area contributed by atoms with Crippen LogP contribution in [0.15, 0.2) is 12.4 Å². The molecule has 1 aliphatic carbocycles. The molecular formula is C24H34N6O. The molecule has 3 saturated heterocycles. The van der Waals surface area contributed by atoms with Gasteiger partial charge in [-0.25, -0.2) is 0 Å². The summed E-state index contributed by atoms with van der Waals surface area (Å²) in [6.07, 6.45) is 14.0. The van der Waals surface area contributed by atoms with Gasteiger partial charge < -0.3 is 9.80 Å². The second kappa shape index (κ2) is 7.75. The molecule has 2 bridgehead atoms. The molecule has 0 spiro atoms. The maximum atomic E-state index is 13.1. The van der Waals surface area contributed by atoms with Crippen LogP contribution in [0.5, 0.6) is 0 Å². The van der Waals surface area contributed by atoms with Gasteiger partial charge in [-0.15, -0.1) is 10.2 Å². The van der Waals surface area contributed by atoms with E-state index in [0.29, 0.717) is 29.8 Å². The lowest BCUT2D eigenvalue weighted by Crippen LogP contribution is -2.65. The first kappa shape index (κ1) is 19.5. The number of amides is 1. The lowest BCUT2D eigenvalue weighted by Gasteiger charge is -2.57. The Kier molecular flexibility index (Phi) is 4.87. The highest BCUT2D eigenvalue weighted by atomic mass is 16.2. The van der Waals surface area contributed by atoms with Gasteiger partial charge >= 0.3 is 0 Å². The topological polar surface area (TPSA) is 66.6 Å². The smallest absolute Gasteiger partial charge is 0.223 e. The monoisotopic (exact) mass is 422 g/mol. The average molecular weight is 423 g/mol. The molecule has 0 N–H and O–H groups in total. The molecular weight excluding hydrogens is 388 g/mol. The van der Waals surface area contributed by atoms with Crippen molar-refractivity contribution in [2.24, 2.45) is 17.8 Å². The Hall–Kier alpha value is -2.18. The van der Waals surface area contributed by atoms with Crippen LogP contribution in [-0.4, -0.2) is 55.8 Å². The SMILES string of the molecule is Cc1cc(N2C[C@H]3C[C@@H](C2)[C@H](CC2CCCCC2)N2C(=O)CCC[C@@H]32)c2nncn2n1. The van der Waals surface area contributed by atoms with E-state index in [9.17, 15) is 4.79 Å². The summed E-state index contributed by atoms with van der Waals surface area (Å²) in [5.74, 6) is 2.34. The van der Waals surface area contributed by atoms with Crippen LogP contribution in [0, 0.1) is 24.7 Å². The van der Waals surface area contributed by atoms with Gasteiger partial charge in [-0.3, -0.25) is 4.79 Å². The van der Waals surface area contributed by atoms with E-state index in [1.165, 1.54) is 51.4 Å². The summed E-state index contributed by atoms with van der Waals surface area (Å²) in [6, 6.07) is 3.01. The molecule has 0 radical (unpaired) electrons. The lowest BCUT2D eigenvalue weighted by molar-refractivity contribution is -0.149. The highest BCUT2D eigenvalue weighted by Gasteiger charge is 2.50. The maximum absolute atomic E-state index is 13.1. The van der Waals surface area contributed by atoms with Gasteiger partial charge in [0, 0.05) is 31.6 Å². The van der Waals surface area contributed by atoms with Gasteiger partial charge in [0.25, 0.3) is 0 Å². The van der Waals surface area contributed by atoms with Crippen LogP contribution in [0.2, 0.25) is 0 Å². The molecule has 5 heterocycles. The van der Waals surface area contributed by atoms with E-state index in [1.54, 1.807) is 6.33 Å². The molecule has 7 heteroatoms. The van der Waals surface area contributed by atoms with E-state index in [-0.39, 0.29) is 0 Å². The van der Waals surface area contributed by atoms with Gasteiger partial charge in [-0.1, -0.05) is 32.1 Å². The van der Waals surface area contributed by atoms with Crippen molar-refractivity contribution in [2.75, 3.05) is 18.0 Å². The summed E-state index contributed by atoms with van der Waals surface area (Å²) < 4.78 is 1.81. The zero-order valence-electron chi connectivity index (χ0n) is 18.6. The largest absolute Gasteiger partial charge is 0.368 e. The van der Waals surface area contributed by atoms with Crippen molar-refractivity contribution in [3.05, 3.63) is 18.1 Å². The number of aryl methyl sites for hydroxylation is 1. The third-order valence-electron chi connectivity index (χ3n) is 8.51. The summed E-state index contributed by atoms with van der Waals surface area (Å²) in [5, 5.41) is 13.0. The molecule has 1 amide bonds. The molecule has 4 fully saturated rings. The zero-order valence-corrected chi connectivity index (χ0v) is 18.6. The van der Waals surface area contributed by atoms with Gasteiger partial charge in [0.1, 0.15) is 6.33 Å². The number of hydrogen-bond acceptors (Lipinski definition) is 5. The molecule has 166 valence electrons. The van der Waals surface area contributed by atoms with E-state index in [1.807, 2.05) is 11.4 Å². The number of nitrogens with zero attached hydrogens (tertiary/aromatic N) is 6. The summed E-state index contributed by atoms with van der Waals surface area (Å²) >= 11 is 0. The minimum Gasteiger partial charge on any atom is -0.368 e. The summed E-state index contributed by atoms with van der Waals surface area (Å²) in [5.41, 5.74) is 3.00. The predicted molar refractivity (Wildman–Crippen MR) is 119 cm³/mol. The normalized spacial score (nSPS) is 31.8. The summed E-state index contributed by atoms with van der Waals surface area (Å²) in [7, 11) is 0. The number of carbonyl (C=O) groups is 1. The van der Waals surface area contributed by atoms with E-state index < -0.39 is 0 Å². The number of aromatic nitrogens is 4. The molecule has 2 aromatic rings. The fraction of sp³-hybridized carbons (Fsp3) is 0.750. The van der Waals surface area contributed by atoms with Crippen LogP contribution >= 0.6 is 0 Å². The molecule has 3 aliphatic heterocycles. The van der Waals surface area contributed by atoms with Crippen LogP contribution in [0.1, 0.15) is 69.9 Å². The Bertz CT molecular complexity index is 966. The molecule has 1 saturated carbocycles. The maximum Gasteiger partial charge on any atom is 0.223 e. The van der Waals surface area contributed by atoms with E-state index in [4.69, 9.17) is 0 Å². The summed E-state index contributed by atoms with van der Waals surface area (Å²) in [6.45, 7) is 4.06. The van der Waals surface area contributed by atoms with E-state index in [0.717, 1.165) is 48.9 Å². The fourth-order valence-electron chi connectivity index (χ4n) is 7.21. The third kappa shape index (κ3) is 3.40. The quantitative estimate of drug-likeness (QED) is 0.756. The second-order valence-electron chi connectivity index (χ2n) is 10.5. The van der Waals surface area contributed by atoms with Crippen molar-refractivity contribution in [1.82, 2.24) is 24.7 Å².